The van der Waals surface area contributed by atoms with Gasteiger partial charge in [-0.1, -0.05) is 23.7 Å². The maximum absolute atomic E-state index is 12.6. The van der Waals surface area contributed by atoms with Gasteiger partial charge in [0.15, 0.2) is 0 Å². The molecule has 4 N–H and O–H groups in total. The number of aliphatic hydroxyl groups excluding tert-OH is 1. The molecular formula is C24H24ClN5O4. The molecule has 34 heavy (non-hydrogen) atoms. The first-order chi connectivity index (χ1) is 16.4. The lowest BCUT2D eigenvalue weighted by Gasteiger charge is -2.29. The normalized spacial score (nSPS) is 17.4. The monoisotopic (exact) mass is 481 g/mol. The van der Waals surface area contributed by atoms with Crippen LogP contribution in [0.15, 0.2) is 42.1 Å². The number of nitrogens with one attached hydrogen (secondary N) is 3. The molecule has 3 heterocycles. The van der Waals surface area contributed by atoms with E-state index in [9.17, 15) is 14.7 Å². The molecule has 0 saturated carbocycles. The largest absolute Gasteiger partial charge is 0.387 e. The smallest absolute Gasteiger partial charge is 0.275 e. The Labute approximate surface area is 200 Å². The number of halogens is 1. The SMILES string of the molecule is Cc1cc(N2CCOCC2)cc2[nH]c(C3=C(NC[C@@H](O)c4cccc(Cl)c4)C(=O)NC3=O)nc12. The number of rotatable bonds is 6. The number of aryl methyl sites for hydroxylation is 1. The molecule has 5 rings (SSSR count). The number of nitrogens with zero attached hydrogens (tertiary/aromatic N) is 2. The number of amides is 2. The standard InChI is InChI=1S/C24H24ClN5O4/c1-13-9-16(30-5-7-34-8-6-30)11-17-20(13)28-22(27-17)19-21(24(33)29-23(19)32)26-12-18(31)14-3-2-4-15(25)10-14/h2-4,9-11,18,31H,5-8,12H2,1H3,(H,27,28)(H2,26,29,32,33)/t18-/m1/s1. The molecule has 176 valence electrons. The highest BCUT2D eigenvalue weighted by atomic mass is 35.5. The number of ether oxygens (including phenoxy) is 1. The van der Waals surface area contributed by atoms with E-state index in [1.165, 1.54) is 0 Å². The van der Waals surface area contributed by atoms with Gasteiger partial charge < -0.3 is 25.0 Å². The van der Waals surface area contributed by atoms with Crippen molar-refractivity contribution in [2.75, 3.05) is 37.7 Å². The molecule has 2 aromatic carbocycles. The predicted octanol–water partition coefficient (Wildman–Crippen LogP) is 2.05. The van der Waals surface area contributed by atoms with Crippen LogP contribution in [0.25, 0.3) is 16.6 Å². The second-order valence-corrected chi connectivity index (χ2v) is 8.77. The van der Waals surface area contributed by atoms with Crippen molar-refractivity contribution in [2.45, 2.75) is 13.0 Å². The van der Waals surface area contributed by atoms with E-state index < -0.39 is 17.9 Å². The van der Waals surface area contributed by atoms with Crippen molar-refractivity contribution >= 4 is 45.7 Å². The topological polar surface area (TPSA) is 120 Å². The lowest BCUT2D eigenvalue weighted by atomic mass is 10.1. The van der Waals surface area contributed by atoms with Gasteiger partial charge in [0.05, 0.1) is 30.4 Å². The molecule has 0 aliphatic carbocycles. The lowest BCUT2D eigenvalue weighted by molar-refractivity contribution is -0.123. The maximum Gasteiger partial charge on any atom is 0.275 e. The van der Waals surface area contributed by atoms with Crippen LogP contribution in [-0.2, 0) is 14.3 Å². The van der Waals surface area contributed by atoms with Gasteiger partial charge in [-0.25, -0.2) is 4.98 Å². The molecule has 0 bridgehead atoms. The summed E-state index contributed by atoms with van der Waals surface area (Å²) in [7, 11) is 0. The minimum Gasteiger partial charge on any atom is -0.387 e. The molecule has 0 unspecified atom stereocenters. The quantitative estimate of drug-likeness (QED) is 0.398. The Bertz CT molecular complexity index is 1310. The average Bonchev–Trinajstić information content (AvgIpc) is 3.37. The predicted molar refractivity (Wildman–Crippen MR) is 128 cm³/mol. The molecular weight excluding hydrogens is 458 g/mol. The maximum atomic E-state index is 12.6. The average molecular weight is 482 g/mol. The zero-order chi connectivity index (χ0) is 23.8. The first-order valence-corrected chi connectivity index (χ1v) is 11.4. The van der Waals surface area contributed by atoms with Crippen LogP contribution in [-0.4, -0.2) is 59.7 Å². The number of fused-ring (bicyclic) bond motifs is 1. The van der Waals surface area contributed by atoms with Gasteiger partial charge in [0.2, 0.25) is 0 Å². The third-order valence-corrected chi connectivity index (χ3v) is 6.25. The van der Waals surface area contributed by atoms with Crippen LogP contribution in [0.1, 0.15) is 23.1 Å². The summed E-state index contributed by atoms with van der Waals surface area (Å²) in [5, 5.41) is 16.3. The highest BCUT2D eigenvalue weighted by Gasteiger charge is 2.34. The number of H-pyrrole nitrogens is 1. The summed E-state index contributed by atoms with van der Waals surface area (Å²) in [5.74, 6) is -0.820. The molecule has 9 nitrogen and oxygen atoms in total. The molecule has 0 spiro atoms. The molecule has 0 radical (unpaired) electrons. The summed E-state index contributed by atoms with van der Waals surface area (Å²) >= 11 is 6.00. The number of imidazole rings is 1. The number of aromatic nitrogens is 2. The molecule has 2 amide bonds. The van der Waals surface area contributed by atoms with Crippen molar-refractivity contribution in [3.05, 3.63) is 64.1 Å². The van der Waals surface area contributed by atoms with Crippen LogP contribution in [0, 0.1) is 6.92 Å². The summed E-state index contributed by atoms with van der Waals surface area (Å²) < 4.78 is 5.44. The minimum absolute atomic E-state index is 0.0142. The van der Waals surface area contributed by atoms with E-state index in [2.05, 4.69) is 31.6 Å². The number of hydrogen-bond donors (Lipinski definition) is 4. The van der Waals surface area contributed by atoms with Crippen LogP contribution in [0.4, 0.5) is 5.69 Å². The number of benzene rings is 2. The number of anilines is 1. The zero-order valence-corrected chi connectivity index (χ0v) is 19.3. The van der Waals surface area contributed by atoms with Gasteiger partial charge in [-0.3, -0.25) is 14.9 Å². The molecule has 1 aromatic heterocycles. The number of imide groups is 1. The Morgan fingerprint density at radius 1 is 1.21 bits per heavy atom. The lowest BCUT2D eigenvalue weighted by Crippen LogP contribution is -2.36. The fourth-order valence-corrected chi connectivity index (χ4v) is 4.47. The Morgan fingerprint density at radius 2 is 2.00 bits per heavy atom. The first kappa shape index (κ1) is 22.4. The van der Waals surface area contributed by atoms with Gasteiger partial charge in [0, 0.05) is 30.3 Å². The second kappa shape index (κ2) is 9.09. The van der Waals surface area contributed by atoms with Gasteiger partial charge in [-0.2, -0.15) is 0 Å². The van der Waals surface area contributed by atoms with E-state index in [1.54, 1.807) is 24.3 Å². The Morgan fingerprint density at radius 3 is 2.76 bits per heavy atom. The number of morpholine rings is 1. The van der Waals surface area contributed by atoms with Crippen molar-refractivity contribution in [3.8, 4) is 0 Å². The fourth-order valence-electron chi connectivity index (χ4n) is 4.27. The van der Waals surface area contributed by atoms with E-state index in [0.717, 1.165) is 35.4 Å². The summed E-state index contributed by atoms with van der Waals surface area (Å²) in [6.45, 7) is 4.94. The third kappa shape index (κ3) is 4.25. The fraction of sp³-hybridized carbons (Fsp3) is 0.292. The van der Waals surface area contributed by atoms with Gasteiger partial charge in [0.1, 0.15) is 17.1 Å². The van der Waals surface area contributed by atoms with E-state index in [-0.39, 0.29) is 17.8 Å². The third-order valence-electron chi connectivity index (χ3n) is 6.01. The van der Waals surface area contributed by atoms with Crippen molar-refractivity contribution in [1.29, 1.82) is 0 Å². The highest BCUT2D eigenvalue weighted by Crippen LogP contribution is 2.29. The number of aromatic amines is 1. The van der Waals surface area contributed by atoms with E-state index in [1.807, 2.05) is 13.0 Å². The van der Waals surface area contributed by atoms with Crippen molar-refractivity contribution < 1.29 is 19.4 Å². The summed E-state index contributed by atoms with van der Waals surface area (Å²) in [6, 6.07) is 10.9. The molecule has 2 aliphatic rings. The molecule has 10 heteroatoms. The number of hydrogen-bond acceptors (Lipinski definition) is 7. The zero-order valence-electron chi connectivity index (χ0n) is 18.5. The number of carbonyl (C=O) groups excluding carboxylic acids is 2. The van der Waals surface area contributed by atoms with E-state index >= 15 is 0 Å². The van der Waals surface area contributed by atoms with Gasteiger partial charge >= 0.3 is 0 Å². The summed E-state index contributed by atoms with van der Waals surface area (Å²) in [4.78, 5) is 35.2. The summed E-state index contributed by atoms with van der Waals surface area (Å²) in [6.07, 6.45) is -0.926. The van der Waals surface area contributed by atoms with Crippen molar-refractivity contribution in [3.63, 3.8) is 0 Å². The molecule has 2 aliphatic heterocycles. The van der Waals surface area contributed by atoms with Crippen molar-refractivity contribution in [2.24, 2.45) is 0 Å². The molecule has 1 atom stereocenters. The van der Waals surface area contributed by atoms with E-state index in [4.69, 9.17) is 16.3 Å². The Kier molecular flexibility index (Phi) is 5.99. The van der Waals surface area contributed by atoms with Gasteiger partial charge in [-0.15, -0.1) is 0 Å². The van der Waals surface area contributed by atoms with Crippen LogP contribution in [0.2, 0.25) is 5.02 Å². The number of carbonyl (C=O) groups is 2. The minimum atomic E-state index is -0.926. The number of aliphatic hydroxyl groups is 1. The van der Waals surface area contributed by atoms with Crippen LogP contribution < -0.4 is 15.5 Å². The van der Waals surface area contributed by atoms with Gasteiger partial charge in [-0.05, 0) is 42.3 Å². The molecule has 1 fully saturated rings. The van der Waals surface area contributed by atoms with Crippen LogP contribution in [0.5, 0.6) is 0 Å². The van der Waals surface area contributed by atoms with Crippen LogP contribution in [0.3, 0.4) is 0 Å². The van der Waals surface area contributed by atoms with E-state index in [0.29, 0.717) is 29.6 Å². The van der Waals surface area contributed by atoms with Gasteiger partial charge in [0.25, 0.3) is 11.8 Å². The Hall–Kier alpha value is -3.40. The molecule has 1 saturated heterocycles. The highest BCUT2D eigenvalue weighted by molar-refractivity contribution is 6.35. The van der Waals surface area contributed by atoms with Crippen LogP contribution >= 0.6 is 11.6 Å². The second-order valence-electron chi connectivity index (χ2n) is 8.33. The molecule has 3 aromatic rings. The first-order valence-electron chi connectivity index (χ1n) is 11.0. The summed E-state index contributed by atoms with van der Waals surface area (Å²) in [5.41, 5.74) is 4.29. The Balaban J connectivity index is 1.45. The van der Waals surface area contributed by atoms with Crippen molar-refractivity contribution in [1.82, 2.24) is 20.6 Å².